The predicted molar refractivity (Wildman–Crippen MR) is 76.7 cm³/mol. The van der Waals surface area contributed by atoms with Crippen molar-refractivity contribution in [2.75, 3.05) is 5.32 Å². The van der Waals surface area contributed by atoms with Crippen molar-refractivity contribution in [1.29, 1.82) is 0 Å². The van der Waals surface area contributed by atoms with Crippen molar-refractivity contribution in [3.63, 3.8) is 0 Å². The Morgan fingerprint density at radius 2 is 1.70 bits per heavy atom. The molecule has 110 valence electrons. The van der Waals surface area contributed by atoms with E-state index in [-0.39, 0.29) is 20.8 Å². The maximum Gasteiger partial charge on any atom is 0.328 e. The quantitative estimate of drug-likeness (QED) is 0.633. The van der Waals surface area contributed by atoms with Crippen LogP contribution in [0.3, 0.4) is 0 Å². The maximum absolute atomic E-state index is 11.6. The highest BCUT2D eigenvalue weighted by Gasteiger charge is 2.25. The number of urea groups is 1. The third-order valence-corrected chi connectivity index (χ3v) is 3.33. The van der Waals surface area contributed by atoms with E-state index >= 15 is 0 Å². The molecule has 0 aliphatic carbocycles. The van der Waals surface area contributed by atoms with E-state index in [1.54, 1.807) is 0 Å². The molecule has 1 aromatic rings. The molecular weight excluding hydrogens is 330 g/mol. The topological polar surface area (TPSA) is 98.7 Å². The number of carboxylic acid groups (broad SMARTS) is 1. The number of carboxylic acids is 1. The first-order chi connectivity index (χ1) is 9.22. The van der Waals surface area contributed by atoms with Crippen LogP contribution in [-0.4, -0.2) is 34.4 Å². The van der Waals surface area contributed by atoms with Gasteiger partial charge < -0.3 is 20.8 Å². The molecule has 0 aliphatic rings. The number of anilines is 1. The van der Waals surface area contributed by atoms with Crippen molar-refractivity contribution in [2.24, 2.45) is 0 Å². The number of benzene rings is 1. The van der Waals surface area contributed by atoms with Crippen LogP contribution in [0.2, 0.25) is 15.1 Å². The highest BCUT2D eigenvalue weighted by atomic mass is 35.5. The van der Waals surface area contributed by atoms with E-state index in [2.05, 4.69) is 10.6 Å². The standard InChI is InChI=1S/C11H11Cl3N2O4/c1-4(17)9(10(18)19)16-11(20)15-8-3-6(13)5(12)2-7(8)14/h2-4,9,17H,1H3,(H,18,19)(H2,15,16,20)/t4-,9+/m1/s1. The summed E-state index contributed by atoms with van der Waals surface area (Å²) in [5.74, 6) is -1.37. The predicted octanol–water partition coefficient (Wildman–Crippen LogP) is 2.60. The molecule has 9 heteroatoms. The number of hydrogen-bond donors (Lipinski definition) is 4. The van der Waals surface area contributed by atoms with Crippen molar-refractivity contribution in [3.05, 3.63) is 27.2 Å². The number of carbonyl (C=O) groups is 2. The normalized spacial score (nSPS) is 13.4. The molecule has 20 heavy (non-hydrogen) atoms. The average molecular weight is 342 g/mol. The summed E-state index contributed by atoms with van der Waals surface area (Å²) in [5.41, 5.74) is 0.160. The summed E-state index contributed by atoms with van der Waals surface area (Å²) in [6, 6.07) is 0.365. The minimum absolute atomic E-state index is 0.137. The minimum Gasteiger partial charge on any atom is -0.480 e. The van der Waals surface area contributed by atoms with Gasteiger partial charge in [-0.1, -0.05) is 34.8 Å². The molecule has 0 heterocycles. The van der Waals surface area contributed by atoms with Crippen LogP contribution >= 0.6 is 34.8 Å². The van der Waals surface area contributed by atoms with Gasteiger partial charge in [-0.3, -0.25) is 0 Å². The Morgan fingerprint density at radius 1 is 1.15 bits per heavy atom. The lowest BCUT2D eigenvalue weighted by atomic mass is 10.2. The van der Waals surface area contributed by atoms with Gasteiger partial charge in [0.1, 0.15) is 0 Å². The van der Waals surface area contributed by atoms with Crippen molar-refractivity contribution in [1.82, 2.24) is 5.32 Å². The van der Waals surface area contributed by atoms with E-state index in [0.29, 0.717) is 0 Å². The summed E-state index contributed by atoms with van der Waals surface area (Å²) in [6.07, 6.45) is -1.26. The number of aliphatic hydroxyl groups is 1. The summed E-state index contributed by atoms with van der Waals surface area (Å²) >= 11 is 17.4. The molecule has 2 atom stereocenters. The van der Waals surface area contributed by atoms with Crippen LogP contribution in [0.15, 0.2) is 12.1 Å². The number of carbonyl (C=O) groups excluding carboxylic acids is 1. The summed E-state index contributed by atoms with van der Waals surface area (Å²) in [5, 5.41) is 23.0. The third kappa shape index (κ3) is 4.42. The number of amides is 2. The Labute approximate surface area is 129 Å². The van der Waals surface area contributed by atoms with Crippen LogP contribution in [0.25, 0.3) is 0 Å². The molecule has 0 saturated heterocycles. The summed E-state index contributed by atoms with van der Waals surface area (Å²) in [4.78, 5) is 22.5. The number of aliphatic carboxylic acids is 1. The highest BCUT2D eigenvalue weighted by Crippen LogP contribution is 2.32. The fraction of sp³-hybridized carbons (Fsp3) is 0.273. The lowest BCUT2D eigenvalue weighted by Gasteiger charge is -2.18. The second kappa shape index (κ2) is 6.99. The third-order valence-electron chi connectivity index (χ3n) is 2.29. The van der Waals surface area contributed by atoms with E-state index in [1.165, 1.54) is 19.1 Å². The number of nitrogens with one attached hydrogen (secondary N) is 2. The van der Waals surface area contributed by atoms with Gasteiger partial charge >= 0.3 is 12.0 Å². The van der Waals surface area contributed by atoms with Gasteiger partial charge in [-0.15, -0.1) is 0 Å². The highest BCUT2D eigenvalue weighted by molar-refractivity contribution is 6.44. The van der Waals surface area contributed by atoms with Crippen LogP contribution in [0.4, 0.5) is 10.5 Å². The van der Waals surface area contributed by atoms with Crippen molar-refractivity contribution in [3.8, 4) is 0 Å². The van der Waals surface area contributed by atoms with Crippen LogP contribution < -0.4 is 10.6 Å². The molecule has 4 N–H and O–H groups in total. The molecule has 1 rings (SSSR count). The first-order valence-corrected chi connectivity index (χ1v) is 6.48. The lowest BCUT2D eigenvalue weighted by molar-refractivity contribution is -0.141. The molecule has 2 amide bonds. The molecule has 0 bridgehead atoms. The van der Waals surface area contributed by atoms with Crippen molar-refractivity contribution < 1.29 is 19.8 Å². The first kappa shape index (κ1) is 16.8. The smallest absolute Gasteiger partial charge is 0.328 e. The molecule has 0 radical (unpaired) electrons. The molecule has 0 saturated carbocycles. The second-order valence-corrected chi connectivity index (χ2v) is 5.12. The van der Waals surface area contributed by atoms with E-state index in [0.717, 1.165) is 0 Å². The van der Waals surface area contributed by atoms with Crippen LogP contribution in [0, 0.1) is 0 Å². The number of halogens is 3. The van der Waals surface area contributed by atoms with Gasteiger partial charge in [0.2, 0.25) is 0 Å². The summed E-state index contributed by atoms with van der Waals surface area (Å²) < 4.78 is 0. The molecule has 1 aromatic carbocycles. The Balaban J connectivity index is 2.81. The average Bonchev–Trinajstić information content (AvgIpc) is 2.32. The Kier molecular flexibility index (Phi) is 5.88. The Hall–Kier alpha value is -1.21. The monoisotopic (exact) mass is 340 g/mol. The largest absolute Gasteiger partial charge is 0.480 e. The van der Waals surface area contributed by atoms with Gasteiger partial charge in [-0.2, -0.15) is 0 Å². The van der Waals surface area contributed by atoms with Gasteiger partial charge in [-0.05, 0) is 19.1 Å². The number of hydrogen-bond acceptors (Lipinski definition) is 3. The van der Waals surface area contributed by atoms with Gasteiger partial charge in [0.25, 0.3) is 0 Å². The van der Waals surface area contributed by atoms with Crippen LogP contribution in [-0.2, 0) is 4.79 Å². The molecule has 0 spiro atoms. The fourth-order valence-corrected chi connectivity index (χ4v) is 1.90. The maximum atomic E-state index is 11.6. The fourth-order valence-electron chi connectivity index (χ4n) is 1.31. The van der Waals surface area contributed by atoms with Crippen molar-refractivity contribution in [2.45, 2.75) is 19.1 Å². The first-order valence-electron chi connectivity index (χ1n) is 5.35. The molecule has 0 unspecified atom stereocenters. The van der Waals surface area contributed by atoms with Gasteiger partial charge in [0, 0.05) is 0 Å². The summed E-state index contributed by atoms with van der Waals surface area (Å²) in [7, 11) is 0. The molecule has 6 nitrogen and oxygen atoms in total. The van der Waals surface area contributed by atoms with Crippen LogP contribution in [0.5, 0.6) is 0 Å². The van der Waals surface area contributed by atoms with Crippen LogP contribution in [0.1, 0.15) is 6.92 Å². The molecule has 0 aliphatic heterocycles. The minimum atomic E-state index is -1.45. The van der Waals surface area contributed by atoms with Gasteiger partial charge in [0.05, 0.1) is 26.9 Å². The summed E-state index contributed by atoms with van der Waals surface area (Å²) in [6.45, 7) is 1.24. The Bertz CT molecular complexity index is 537. The SMILES string of the molecule is C[C@@H](O)[C@H](NC(=O)Nc1cc(Cl)c(Cl)cc1Cl)C(=O)O. The zero-order valence-electron chi connectivity index (χ0n) is 10.2. The van der Waals surface area contributed by atoms with E-state index < -0.39 is 24.1 Å². The Morgan fingerprint density at radius 3 is 2.20 bits per heavy atom. The van der Waals surface area contributed by atoms with E-state index in [1.807, 2.05) is 0 Å². The van der Waals surface area contributed by atoms with Crippen molar-refractivity contribution >= 4 is 52.5 Å². The molecular formula is C11H11Cl3N2O4. The van der Waals surface area contributed by atoms with E-state index in [4.69, 9.17) is 39.9 Å². The van der Waals surface area contributed by atoms with Gasteiger partial charge in [0.15, 0.2) is 6.04 Å². The number of rotatable bonds is 4. The van der Waals surface area contributed by atoms with Gasteiger partial charge in [-0.25, -0.2) is 9.59 Å². The van der Waals surface area contributed by atoms with E-state index in [9.17, 15) is 14.7 Å². The zero-order chi connectivity index (χ0) is 15.4. The number of aliphatic hydroxyl groups excluding tert-OH is 1. The zero-order valence-corrected chi connectivity index (χ0v) is 12.4. The second-order valence-electron chi connectivity index (χ2n) is 3.90. The molecule has 0 fully saturated rings. The lowest BCUT2D eigenvalue weighted by Crippen LogP contribution is -2.49. The molecule has 0 aromatic heterocycles.